The maximum absolute atomic E-state index is 12.4. The molecule has 0 saturated heterocycles. The fourth-order valence-electron chi connectivity index (χ4n) is 2.81. The largest absolute Gasteiger partial charge is 0.399 e. The monoisotopic (exact) mass is 290 g/mol. The maximum Gasteiger partial charge on any atom is 0.223 e. The normalized spacial score (nSPS) is 20.9. The molecule has 0 spiro atoms. The summed E-state index contributed by atoms with van der Waals surface area (Å²) in [5, 5.41) is 0. The van der Waals surface area contributed by atoms with Gasteiger partial charge in [-0.1, -0.05) is 12.1 Å². The number of benzene rings is 1. The molecule has 1 aliphatic rings. The minimum Gasteiger partial charge on any atom is -0.399 e. The number of ether oxygens (including phenoxy) is 1. The summed E-state index contributed by atoms with van der Waals surface area (Å²) in [6.07, 6.45) is 3.07. The predicted molar refractivity (Wildman–Crippen MR) is 84.7 cm³/mol. The summed E-state index contributed by atoms with van der Waals surface area (Å²) in [4.78, 5) is 14.3. The average molecular weight is 290 g/mol. The van der Waals surface area contributed by atoms with Crippen LogP contribution in [0.2, 0.25) is 0 Å². The van der Waals surface area contributed by atoms with E-state index in [9.17, 15) is 4.79 Å². The molecule has 0 unspecified atom stereocenters. The lowest BCUT2D eigenvalue weighted by Crippen LogP contribution is -2.37. The van der Waals surface area contributed by atoms with Crippen LogP contribution in [0.4, 0.5) is 5.69 Å². The fourth-order valence-corrected chi connectivity index (χ4v) is 2.81. The van der Waals surface area contributed by atoms with Gasteiger partial charge in [-0.2, -0.15) is 0 Å². The Morgan fingerprint density at radius 1 is 1.29 bits per heavy atom. The standard InChI is InChI=1S/C17H26N2O2/c1-3-19(12-13-5-7-15(18)8-6-13)17(20)11-14-9-16(10-14)21-4-2/h5-8,14,16H,3-4,9-12,18H2,1-2H3. The van der Waals surface area contributed by atoms with Gasteiger partial charge in [0.25, 0.3) is 0 Å². The molecule has 2 N–H and O–H groups in total. The molecule has 4 heteroatoms. The van der Waals surface area contributed by atoms with Crippen molar-refractivity contribution < 1.29 is 9.53 Å². The summed E-state index contributed by atoms with van der Waals surface area (Å²) in [5.41, 5.74) is 7.57. The van der Waals surface area contributed by atoms with E-state index in [0.29, 0.717) is 25.0 Å². The summed E-state index contributed by atoms with van der Waals surface area (Å²) in [7, 11) is 0. The molecule has 0 aliphatic heterocycles. The van der Waals surface area contributed by atoms with Crippen LogP contribution < -0.4 is 5.73 Å². The lowest BCUT2D eigenvalue weighted by atomic mass is 9.79. The molecule has 1 amide bonds. The van der Waals surface area contributed by atoms with Gasteiger partial charge in [-0.25, -0.2) is 0 Å². The van der Waals surface area contributed by atoms with E-state index >= 15 is 0 Å². The van der Waals surface area contributed by atoms with Crippen molar-refractivity contribution in [1.82, 2.24) is 4.90 Å². The Morgan fingerprint density at radius 3 is 2.52 bits per heavy atom. The first-order valence-corrected chi connectivity index (χ1v) is 7.86. The molecule has 0 atom stereocenters. The van der Waals surface area contributed by atoms with E-state index in [0.717, 1.165) is 37.2 Å². The number of nitrogen functional groups attached to an aromatic ring is 1. The summed E-state index contributed by atoms with van der Waals surface area (Å²) in [6.45, 7) is 6.22. The van der Waals surface area contributed by atoms with Gasteiger partial charge in [-0.05, 0) is 50.3 Å². The van der Waals surface area contributed by atoms with Crippen molar-refractivity contribution in [2.24, 2.45) is 5.92 Å². The zero-order valence-corrected chi connectivity index (χ0v) is 13.0. The third kappa shape index (κ3) is 4.46. The lowest BCUT2D eigenvalue weighted by molar-refractivity contribution is -0.134. The minimum atomic E-state index is 0.245. The van der Waals surface area contributed by atoms with Crippen LogP contribution in [-0.2, 0) is 16.1 Å². The first kappa shape index (κ1) is 15.8. The zero-order chi connectivity index (χ0) is 15.2. The molecule has 0 heterocycles. The topological polar surface area (TPSA) is 55.6 Å². The van der Waals surface area contributed by atoms with Gasteiger partial charge in [0.1, 0.15) is 0 Å². The highest BCUT2D eigenvalue weighted by molar-refractivity contribution is 5.76. The highest BCUT2D eigenvalue weighted by Crippen LogP contribution is 2.33. The third-order valence-corrected chi connectivity index (χ3v) is 4.15. The summed E-state index contributed by atoms with van der Waals surface area (Å²) in [6, 6.07) is 7.73. The molecule has 21 heavy (non-hydrogen) atoms. The zero-order valence-electron chi connectivity index (χ0n) is 13.0. The van der Waals surface area contributed by atoms with E-state index < -0.39 is 0 Å². The van der Waals surface area contributed by atoms with Crippen molar-refractivity contribution in [2.75, 3.05) is 18.9 Å². The number of nitrogens with two attached hydrogens (primary N) is 1. The highest BCUT2D eigenvalue weighted by Gasteiger charge is 2.32. The van der Waals surface area contributed by atoms with Crippen LogP contribution in [0.5, 0.6) is 0 Å². The molecule has 0 aromatic heterocycles. The van der Waals surface area contributed by atoms with E-state index in [2.05, 4.69) is 0 Å². The van der Waals surface area contributed by atoms with Crippen LogP contribution in [-0.4, -0.2) is 30.1 Å². The van der Waals surface area contributed by atoms with Crippen LogP contribution in [0, 0.1) is 5.92 Å². The molecular formula is C17H26N2O2. The second kappa shape index (κ2) is 7.46. The maximum atomic E-state index is 12.4. The number of anilines is 1. The van der Waals surface area contributed by atoms with E-state index in [1.807, 2.05) is 43.0 Å². The van der Waals surface area contributed by atoms with E-state index in [1.165, 1.54) is 0 Å². The smallest absolute Gasteiger partial charge is 0.223 e. The molecule has 0 bridgehead atoms. The fraction of sp³-hybridized carbons (Fsp3) is 0.588. The van der Waals surface area contributed by atoms with Crippen molar-refractivity contribution in [3.05, 3.63) is 29.8 Å². The molecule has 1 aromatic rings. The third-order valence-electron chi connectivity index (χ3n) is 4.15. The van der Waals surface area contributed by atoms with Crippen LogP contribution in [0.1, 0.15) is 38.7 Å². The van der Waals surface area contributed by atoms with Crippen molar-refractivity contribution in [3.8, 4) is 0 Å². The average Bonchev–Trinajstić information content (AvgIpc) is 2.44. The molecule has 0 radical (unpaired) electrons. The first-order valence-electron chi connectivity index (χ1n) is 7.86. The number of rotatable bonds is 7. The summed E-state index contributed by atoms with van der Waals surface area (Å²) < 4.78 is 5.55. The Hall–Kier alpha value is -1.55. The van der Waals surface area contributed by atoms with Crippen LogP contribution in [0.25, 0.3) is 0 Å². The van der Waals surface area contributed by atoms with Crippen molar-refractivity contribution in [3.63, 3.8) is 0 Å². The van der Waals surface area contributed by atoms with Gasteiger partial charge >= 0.3 is 0 Å². The minimum absolute atomic E-state index is 0.245. The van der Waals surface area contributed by atoms with Gasteiger partial charge in [-0.15, -0.1) is 0 Å². The second-order valence-corrected chi connectivity index (χ2v) is 5.77. The number of amides is 1. The molecule has 1 saturated carbocycles. The molecule has 1 aromatic carbocycles. The number of carbonyl (C=O) groups excluding carboxylic acids is 1. The van der Waals surface area contributed by atoms with E-state index in [1.54, 1.807) is 0 Å². The van der Waals surface area contributed by atoms with Gasteiger partial charge in [-0.3, -0.25) is 4.79 Å². The van der Waals surface area contributed by atoms with Crippen molar-refractivity contribution >= 4 is 11.6 Å². The summed E-state index contributed by atoms with van der Waals surface area (Å²) >= 11 is 0. The highest BCUT2D eigenvalue weighted by atomic mass is 16.5. The van der Waals surface area contributed by atoms with Crippen molar-refractivity contribution in [2.45, 2.75) is 45.8 Å². The Labute approximate surface area is 127 Å². The van der Waals surface area contributed by atoms with Crippen LogP contribution in [0.3, 0.4) is 0 Å². The van der Waals surface area contributed by atoms with Gasteiger partial charge in [0.05, 0.1) is 6.10 Å². The molecule has 1 fully saturated rings. The van der Waals surface area contributed by atoms with Gasteiger partial charge in [0, 0.05) is 31.8 Å². The Morgan fingerprint density at radius 2 is 1.95 bits per heavy atom. The lowest BCUT2D eigenvalue weighted by Gasteiger charge is -2.35. The molecular weight excluding hydrogens is 264 g/mol. The first-order chi connectivity index (χ1) is 10.1. The van der Waals surface area contributed by atoms with Gasteiger partial charge < -0.3 is 15.4 Å². The summed E-state index contributed by atoms with van der Waals surface area (Å²) in [5.74, 6) is 0.740. The molecule has 4 nitrogen and oxygen atoms in total. The van der Waals surface area contributed by atoms with Crippen LogP contribution in [0.15, 0.2) is 24.3 Å². The SMILES string of the molecule is CCOC1CC(CC(=O)N(CC)Cc2ccc(N)cc2)C1. The number of hydrogen-bond donors (Lipinski definition) is 1. The predicted octanol–water partition coefficient (Wildman–Crippen LogP) is 2.82. The number of nitrogens with zero attached hydrogens (tertiary/aromatic N) is 1. The van der Waals surface area contributed by atoms with E-state index in [4.69, 9.17) is 10.5 Å². The second-order valence-electron chi connectivity index (χ2n) is 5.77. The van der Waals surface area contributed by atoms with Crippen LogP contribution >= 0.6 is 0 Å². The number of carbonyl (C=O) groups is 1. The van der Waals surface area contributed by atoms with Gasteiger partial charge in [0.2, 0.25) is 5.91 Å². The molecule has 1 aliphatic carbocycles. The molecule has 116 valence electrons. The van der Waals surface area contributed by atoms with Crippen molar-refractivity contribution in [1.29, 1.82) is 0 Å². The number of hydrogen-bond acceptors (Lipinski definition) is 3. The van der Waals surface area contributed by atoms with E-state index in [-0.39, 0.29) is 5.91 Å². The van der Waals surface area contributed by atoms with Gasteiger partial charge in [0.15, 0.2) is 0 Å². The molecule has 2 rings (SSSR count). The Kier molecular flexibility index (Phi) is 5.62. The Balaban J connectivity index is 1.80. The quantitative estimate of drug-likeness (QED) is 0.786. The Bertz CT molecular complexity index is 452.